The summed E-state index contributed by atoms with van der Waals surface area (Å²) in [7, 11) is 0. The largest absolute Gasteiger partial charge is 0.461 e. The van der Waals surface area contributed by atoms with Crippen LogP contribution in [0.15, 0.2) is 34.7 Å². The predicted molar refractivity (Wildman–Crippen MR) is 61.6 cm³/mol. The summed E-state index contributed by atoms with van der Waals surface area (Å²) in [4.78, 5) is 0. The lowest BCUT2D eigenvalue weighted by molar-refractivity contribution is 0.548. The van der Waals surface area contributed by atoms with Crippen LogP contribution >= 0.6 is 0 Å². The summed E-state index contributed by atoms with van der Waals surface area (Å²) < 4.78 is 5.56. The molecule has 2 rings (SSSR count). The lowest BCUT2D eigenvalue weighted by atomic mass is 10.1. The second-order valence-corrected chi connectivity index (χ2v) is 3.64. The standard InChI is InChI=1S/C14H12O/c1-4-12-7-10(2)8-13(9-12)14-6-5-11(3)15-14/h1,5-9H,2-3H3. The van der Waals surface area contributed by atoms with E-state index in [4.69, 9.17) is 10.8 Å². The SMILES string of the molecule is C#Cc1cc(C)cc(-c2ccc(C)o2)c1. The Morgan fingerprint density at radius 2 is 1.93 bits per heavy atom. The van der Waals surface area contributed by atoms with Crippen LogP contribution in [0.25, 0.3) is 11.3 Å². The smallest absolute Gasteiger partial charge is 0.134 e. The fourth-order valence-electron chi connectivity index (χ4n) is 1.60. The summed E-state index contributed by atoms with van der Waals surface area (Å²) >= 11 is 0. The van der Waals surface area contributed by atoms with Crippen LogP contribution in [0.5, 0.6) is 0 Å². The second kappa shape index (κ2) is 3.67. The highest BCUT2D eigenvalue weighted by Gasteiger charge is 2.03. The lowest BCUT2D eigenvalue weighted by Crippen LogP contribution is -1.81. The first kappa shape index (κ1) is 9.61. The molecule has 1 aromatic carbocycles. The van der Waals surface area contributed by atoms with Gasteiger partial charge in [0.1, 0.15) is 11.5 Å². The third-order valence-electron chi connectivity index (χ3n) is 2.27. The zero-order chi connectivity index (χ0) is 10.8. The van der Waals surface area contributed by atoms with Gasteiger partial charge in [0.15, 0.2) is 0 Å². The topological polar surface area (TPSA) is 13.1 Å². The molecule has 1 heterocycles. The van der Waals surface area contributed by atoms with Crippen molar-refractivity contribution in [3.63, 3.8) is 0 Å². The number of aryl methyl sites for hydroxylation is 2. The molecule has 0 saturated carbocycles. The number of hydrogen-bond acceptors (Lipinski definition) is 1. The number of terminal acetylenes is 1. The maximum Gasteiger partial charge on any atom is 0.134 e. The Balaban J connectivity index is 2.54. The van der Waals surface area contributed by atoms with Crippen LogP contribution in [0, 0.1) is 26.2 Å². The first-order valence-electron chi connectivity index (χ1n) is 4.84. The van der Waals surface area contributed by atoms with Crippen molar-refractivity contribution in [1.82, 2.24) is 0 Å². The molecule has 0 spiro atoms. The normalized spacial score (nSPS) is 9.93. The predicted octanol–water partition coefficient (Wildman–Crippen LogP) is 3.54. The van der Waals surface area contributed by atoms with Crippen molar-refractivity contribution in [2.45, 2.75) is 13.8 Å². The van der Waals surface area contributed by atoms with Gasteiger partial charge < -0.3 is 4.42 Å². The molecule has 0 aliphatic rings. The minimum absolute atomic E-state index is 0.868. The molecule has 74 valence electrons. The van der Waals surface area contributed by atoms with E-state index < -0.39 is 0 Å². The Bertz CT molecular complexity index is 527. The van der Waals surface area contributed by atoms with Crippen molar-refractivity contribution >= 4 is 0 Å². The third-order valence-corrected chi connectivity index (χ3v) is 2.27. The quantitative estimate of drug-likeness (QED) is 0.636. The number of hydrogen-bond donors (Lipinski definition) is 0. The van der Waals surface area contributed by atoms with E-state index in [0.29, 0.717) is 0 Å². The van der Waals surface area contributed by atoms with Gasteiger partial charge in [0, 0.05) is 11.1 Å². The minimum Gasteiger partial charge on any atom is -0.461 e. The van der Waals surface area contributed by atoms with E-state index in [1.54, 1.807) is 0 Å². The molecule has 0 atom stereocenters. The van der Waals surface area contributed by atoms with E-state index in [0.717, 1.165) is 28.2 Å². The van der Waals surface area contributed by atoms with Gasteiger partial charge in [0.25, 0.3) is 0 Å². The average Bonchev–Trinajstić information content (AvgIpc) is 2.64. The molecule has 0 bridgehead atoms. The van der Waals surface area contributed by atoms with E-state index in [2.05, 4.69) is 12.0 Å². The summed E-state index contributed by atoms with van der Waals surface area (Å²) in [6.07, 6.45) is 5.39. The van der Waals surface area contributed by atoms with Gasteiger partial charge in [-0.25, -0.2) is 0 Å². The van der Waals surface area contributed by atoms with Gasteiger partial charge in [0.05, 0.1) is 0 Å². The minimum atomic E-state index is 0.868. The first-order valence-corrected chi connectivity index (χ1v) is 4.84. The number of furan rings is 1. The molecule has 2 aromatic rings. The molecule has 0 saturated heterocycles. The molecule has 1 aromatic heterocycles. The van der Waals surface area contributed by atoms with Gasteiger partial charge in [-0.15, -0.1) is 6.42 Å². The van der Waals surface area contributed by atoms with E-state index in [1.165, 1.54) is 0 Å². The molecule has 0 N–H and O–H groups in total. The zero-order valence-corrected chi connectivity index (χ0v) is 8.87. The molecule has 1 nitrogen and oxygen atoms in total. The fourth-order valence-corrected chi connectivity index (χ4v) is 1.60. The van der Waals surface area contributed by atoms with Crippen LogP contribution in [-0.4, -0.2) is 0 Å². The Labute approximate surface area is 89.7 Å². The molecule has 0 fully saturated rings. The van der Waals surface area contributed by atoms with Gasteiger partial charge in [-0.1, -0.05) is 5.92 Å². The van der Waals surface area contributed by atoms with E-state index in [9.17, 15) is 0 Å². The van der Waals surface area contributed by atoms with Crippen molar-refractivity contribution in [1.29, 1.82) is 0 Å². The third kappa shape index (κ3) is 1.94. The Morgan fingerprint density at radius 3 is 2.53 bits per heavy atom. The summed E-state index contributed by atoms with van der Waals surface area (Å²) in [5.41, 5.74) is 3.07. The van der Waals surface area contributed by atoms with Crippen molar-refractivity contribution < 1.29 is 4.42 Å². The van der Waals surface area contributed by atoms with E-state index in [-0.39, 0.29) is 0 Å². The first-order chi connectivity index (χ1) is 7.19. The summed E-state index contributed by atoms with van der Waals surface area (Å²) in [6, 6.07) is 9.93. The Kier molecular flexibility index (Phi) is 2.35. The monoisotopic (exact) mass is 196 g/mol. The van der Waals surface area contributed by atoms with Crippen LogP contribution in [-0.2, 0) is 0 Å². The maximum absolute atomic E-state index is 5.56. The highest BCUT2D eigenvalue weighted by molar-refractivity contribution is 5.61. The Hall–Kier alpha value is -1.94. The molecule has 15 heavy (non-hydrogen) atoms. The van der Waals surface area contributed by atoms with Gasteiger partial charge >= 0.3 is 0 Å². The van der Waals surface area contributed by atoms with Gasteiger partial charge in [-0.2, -0.15) is 0 Å². The molecule has 0 amide bonds. The van der Waals surface area contributed by atoms with Crippen LogP contribution in [0.2, 0.25) is 0 Å². The highest BCUT2D eigenvalue weighted by Crippen LogP contribution is 2.24. The molecule has 0 unspecified atom stereocenters. The van der Waals surface area contributed by atoms with E-state index >= 15 is 0 Å². The molecule has 0 radical (unpaired) electrons. The number of rotatable bonds is 1. The summed E-state index contributed by atoms with van der Waals surface area (Å²) in [5.74, 6) is 4.42. The van der Waals surface area contributed by atoms with Gasteiger partial charge in [0.2, 0.25) is 0 Å². The lowest BCUT2D eigenvalue weighted by Gasteiger charge is -2.01. The fraction of sp³-hybridized carbons (Fsp3) is 0.143. The van der Waals surface area contributed by atoms with Crippen molar-refractivity contribution in [3.05, 3.63) is 47.2 Å². The van der Waals surface area contributed by atoms with Gasteiger partial charge in [-0.3, -0.25) is 0 Å². The number of benzene rings is 1. The van der Waals surface area contributed by atoms with Crippen LogP contribution in [0.1, 0.15) is 16.9 Å². The van der Waals surface area contributed by atoms with Crippen LogP contribution in [0.4, 0.5) is 0 Å². The summed E-state index contributed by atoms with van der Waals surface area (Å²) in [6.45, 7) is 3.96. The molecule has 0 aliphatic heterocycles. The summed E-state index contributed by atoms with van der Waals surface area (Å²) in [5, 5.41) is 0. The second-order valence-electron chi connectivity index (χ2n) is 3.64. The van der Waals surface area contributed by atoms with Crippen molar-refractivity contribution in [3.8, 4) is 23.7 Å². The van der Waals surface area contributed by atoms with Crippen molar-refractivity contribution in [2.24, 2.45) is 0 Å². The van der Waals surface area contributed by atoms with Crippen molar-refractivity contribution in [2.75, 3.05) is 0 Å². The molecular weight excluding hydrogens is 184 g/mol. The van der Waals surface area contributed by atoms with Crippen LogP contribution in [0.3, 0.4) is 0 Å². The molecular formula is C14H12O. The zero-order valence-electron chi connectivity index (χ0n) is 8.87. The van der Waals surface area contributed by atoms with Gasteiger partial charge in [-0.05, 0) is 49.7 Å². The molecule has 0 aliphatic carbocycles. The highest BCUT2D eigenvalue weighted by atomic mass is 16.3. The average molecular weight is 196 g/mol. The Morgan fingerprint density at radius 1 is 1.13 bits per heavy atom. The molecule has 1 heteroatoms. The van der Waals surface area contributed by atoms with E-state index in [1.807, 2.05) is 38.1 Å². The van der Waals surface area contributed by atoms with Crippen LogP contribution < -0.4 is 0 Å². The maximum atomic E-state index is 5.56.